The number of aliphatic hydroxyl groups excluding tert-OH is 1. The Bertz CT molecular complexity index is 1050. The maximum atomic E-state index is 13.2. The molecular weight excluding hydrogens is 362 g/mol. The molecule has 4 nitrogen and oxygen atoms in total. The first kappa shape index (κ1) is 19.5. The van der Waals surface area contributed by atoms with Crippen LogP contribution in [-0.2, 0) is 19.4 Å². The van der Waals surface area contributed by atoms with Crippen molar-refractivity contribution >= 4 is 0 Å². The van der Waals surface area contributed by atoms with Gasteiger partial charge in [-0.25, -0.2) is 0 Å². The van der Waals surface area contributed by atoms with E-state index in [9.17, 15) is 9.90 Å². The number of rotatable bonds is 5. The average molecular weight is 389 g/mol. The van der Waals surface area contributed by atoms with Crippen LogP contribution in [0.5, 0.6) is 11.5 Å². The van der Waals surface area contributed by atoms with E-state index in [-0.39, 0.29) is 12.0 Å². The van der Waals surface area contributed by atoms with Crippen molar-refractivity contribution in [2.24, 2.45) is 5.92 Å². The molecule has 0 saturated heterocycles. The number of H-pyrrole nitrogens is 1. The highest BCUT2D eigenvalue weighted by atomic mass is 16.5. The van der Waals surface area contributed by atoms with Crippen LogP contribution in [0.1, 0.15) is 42.3 Å². The van der Waals surface area contributed by atoms with Crippen molar-refractivity contribution in [2.45, 2.75) is 46.1 Å². The van der Waals surface area contributed by atoms with Crippen LogP contribution in [0.2, 0.25) is 0 Å². The van der Waals surface area contributed by atoms with E-state index in [1.807, 2.05) is 55.5 Å². The van der Waals surface area contributed by atoms with Gasteiger partial charge in [0.1, 0.15) is 11.5 Å². The van der Waals surface area contributed by atoms with Gasteiger partial charge < -0.3 is 14.8 Å². The molecule has 1 aromatic heterocycles. The molecule has 0 aliphatic heterocycles. The summed E-state index contributed by atoms with van der Waals surface area (Å²) in [5.41, 5.74) is 5.07. The number of ether oxygens (including phenoxy) is 1. The van der Waals surface area contributed by atoms with Crippen molar-refractivity contribution < 1.29 is 9.84 Å². The number of fused-ring (bicyclic) bond motifs is 1. The molecule has 3 aromatic rings. The molecular formula is C25H27NO3. The predicted octanol–water partition coefficient (Wildman–Crippen LogP) is 5.15. The molecule has 29 heavy (non-hydrogen) atoms. The first-order valence-corrected chi connectivity index (χ1v) is 10.3. The lowest BCUT2D eigenvalue weighted by Gasteiger charge is -2.24. The van der Waals surface area contributed by atoms with E-state index in [4.69, 9.17) is 4.74 Å². The van der Waals surface area contributed by atoms with Crippen LogP contribution >= 0.6 is 0 Å². The molecule has 0 fully saturated rings. The zero-order chi connectivity index (χ0) is 20.4. The third kappa shape index (κ3) is 3.99. The quantitative estimate of drug-likeness (QED) is 0.634. The van der Waals surface area contributed by atoms with Crippen molar-refractivity contribution in [1.82, 2.24) is 4.98 Å². The van der Waals surface area contributed by atoms with Gasteiger partial charge in [0.15, 0.2) is 5.43 Å². The van der Waals surface area contributed by atoms with E-state index in [2.05, 4.69) is 11.9 Å². The summed E-state index contributed by atoms with van der Waals surface area (Å²) in [5.74, 6) is 2.09. The van der Waals surface area contributed by atoms with Gasteiger partial charge in [0.25, 0.3) is 0 Å². The van der Waals surface area contributed by atoms with Crippen LogP contribution < -0.4 is 10.2 Å². The fraction of sp³-hybridized carbons (Fsp3) is 0.320. The Kier molecular flexibility index (Phi) is 5.54. The summed E-state index contributed by atoms with van der Waals surface area (Å²) < 4.78 is 5.89. The summed E-state index contributed by atoms with van der Waals surface area (Å²) in [6, 6.07) is 15.4. The molecule has 150 valence electrons. The van der Waals surface area contributed by atoms with Crippen LogP contribution in [0, 0.1) is 12.8 Å². The number of aliphatic hydroxyl groups is 1. The minimum atomic E-state index is -0.184. The topological polar surface area (TPSA) is 62.3 Å². The molecule has 2 N–H and O–H groups in total. The van der Waals surface area contributed by atoms with Gasteiger partial charge in [-0.3, -0.25) is 4.79 Å². The Morgan fingerprint density at radius 2 is 1.72 bits per heavy atom. The van der Waals surface area contributed by atoms with Crippen LogP contribution in [0.3, 0.4) is 0 Å². The molecule has 1 aliphatic rings. The van der Waals surface area contributed by atoms with Gasteiger partial charge in [-0.15, -0.1) is 0 Å². The highest BCUT2D eigenvalue weighted by molar-refractivity contribution is 5.68. The molecule has 0 radical (unpaired) electrons. The normalized spacial score (nSPS) is 15.8. The Balaban J connectivity index is 1.66. The molecule has 0 bridgehead atoms. The molecule has 1 aliphatic carbocycles. The number of nitrogens with one attached hydrogen (secondary N) is 1. The largest absolute Gasteiger partial charge is 0.457 e. The Morgan fingerprint density at radius 1 is 1.07 bits per heavy atom. The number of aromatic amines is 1. The highest BCUT2D eigenvalue weighted by Gasteiger charge is 2.24. The van der Waals surface area contributed by atoms with Gasteiger partial charge in [-0.1, -0.05) is 43.2 Å². The standard InChI is InChI=1S/C25H27NO3/c1-3-17-6-13-21-22(14-17)26-23(15-27)24(25(21)28)18-7-11-20(12-8-18)29-19-9-4-16(2)5-10-19/h4-5,7-12,17,27H,3,6,13-15H2,1-2H3,(H,26,28). The fourth-order valence-electron chi connectivity index (χ4n) is 4.13. The smallest absolute Gasteiger partial charge is 0.193 e. The van der Waals surface area contributed by atoms with E-state index in [0.717, 1.165) is 48.3 Å². The van der Waals surface area contributed by atoms with Gasteiger partial charge in [0.2, 0.25) is 0 Å². The lowest BCUT2D eigenvalue weighted by Crippen LogP contribution is -2.25. The predicted molar refractivity (Wildman–Crippen MR) is 115 cm³/mol. The fourth-order valence-corrected chi connectivity index (χ4v) is 4.13. The van der Waals surface area contributed by atoms with E-state index >= 15 is 0 Å². The molecule has 4 heteroatoms. The first-order chi connectivity index (χ1) is 14.1. The van der Waals surface area contributed by atoms with Crippen LogP contribution in [0.15, 0.2) is 53.3 Å². The van der Waals surface area contributed by atoms with E-state index in [1.54, 1.807) is 0 Å². The minimum absolute atomic E-state index is 0.0459. The van der Waals surface area contributed by atoms with Gasteiger partial charge in [0, 0.05) is 11.3 Å². The zero-order valence-corrected chi connectivity index (χ0v) is 17.0. The second-order valence-electron chi connectivity index (χ2n) is 7.88. The number of aryl methyl sites for hydroxylation is 1. The molecule has 1 heterocycles. The molecule has 2 aromatic carbocycles. The summed E-state index contributed by atoms with van der Waals surface area (Å²) in [6.07, 6.45) is 3.85. The van der Waals surface area contributed by atoms with Crippen molar-refractivity contribution in [3.8, 4) is 22.6 Å². The summed E-state index contributed by atoms with van der Waals surface area (Å²) in [6.45, 7) is 4.04. The number of pyridine rings is 1. The molecule has 1 unspecified atom stereocenters. The van der Waals surface area contributed by atoms with Gasteiger partial charge in [-0.05, 0) is 61.9 Å². The minimum Gasteiger partial charge on any atom is -0.457 e. The maximum absolute atomic E-state index is 13.2. The van der Waals surface area contributed by atoms with Crippen molar-refractivity contribution in [2.75, 3.05) is 0 Å². The summed E-state index contributed by atoms with van der Waals surface area (Å²) in [5, 5.41) is 9.91. The second kappa shape index (κ2) is 8.26. The van der Waals surface area contributed by atoms with Crippen LogP contribution in [0.25, 0.3) is 11.1 Å². The van der Waals surface area contributed by atoms with Crippen molar-refractivity contribution in [3.63, 3.8) is 0 Å². The molecule has 0 amide bonds. The monoisotopic (exact) mass is 389 g/mol. The SMILES string of the molecule is CCC1CCc2c([nH]c(CO)c(-c3ccc(Oc4ccc(C)cc4)cc3)c2=O)C1. The second-order valence-corrected chi connectivity index (χ2v) is 7.88. The van der Waals surface area contributed by atoms with Crippen LogP contribution in [0.4, 0.5) is 0 Å². The lowest BCUT2D eigenvalue weighted by atomic mass is 9.83. The molecule has 0 saturated carbocycles. The van der Waals surface area contributed by atoms with Crippen molar-refractivity contribution in [3.05, 3.63) is 81.3 Å². The van der Waals surface area contributed by atoms with E-state index in [0.29, 0.717) is 22.9 Å². The molecule has 1 atom stereocenters. The van der Waals surface area contributed by atoms with Gasteiger partial charge in [0.05, 0.1) is 17.9 Å². The first-order valence-electron chi connectivity index (χ1n) is 10.3. The number of aromatic nitrogens is 1. The van der Waals surface area contributed by atoms with Crippen molar-refractivity contribution in [1.29, 1.82) is 0 Å². The Morgan fingerprint density at radius 3 is 2.34 bits per heavy atom. The van der Waals surface area contributed by atoms with E-state index in [1.165, 1.54) is 5.56 Å². The third-order valence-corrected chi connectivity index (χ3v) is 5.90. The summed E-state index contributed by atoms with van der Waals surface area (Å²) in [7, 11) is 0. The lowest BCUT2D eigenvalue weighted by molar-refractivity contribution is 0.276. The zero-order valence-electron chi connectivity index (χ0n) is 17.0. The van der Waals surface area contributed by atoms with Gasteiger partial charge >= 0.3 is 0 Å². The van der Waals surface area contributed by atoms with Gasteiger partial charge in [-0.2, -0.15) is 0 Å². The molecule has 4 rings (SSSR count). The molecule has 0 spiro atoms. The van der Waals surface area contributed by atoms with Crippen LogP contribution in [-0.4, -0.2) is 10.1 Å². The Labute approximate surface area is 171 Å². The summed E-state index contributed by atoms with van der Waals surface area (Å²) >= 11 is 0. The average Bonchev–Trinajstić information content (AvgIpc) is 2.75. The number of benzene rings is 2. The maximum Gasteiger partial charge on any atom is 0.193 e. The van der Waals surface area contributed by atoms with E-state index < -0.39 is 0 Å². The third-order valence-electron chi connectivity index (χ3n) is 5.90. The number of hydrogen-bond acceptors (Lipinski definition) is 3. The number of hydrogen-bond donors (Lipinski definition) is 2. The Hall–Kier alpha value is -2.85. The summed E-state index contributed by atoms with van der Waals surface area (Å²) in [4.78, 5) is 16.6. The highest BCUT2D eigenvalue weighted by Crippen LogP contribution is 2.30.